The molecule has 1 amide bonds. The summed E-state index contributed by atoms with van der Waals surface area (Å²) in [7, 11) is 3.61. The highest BCUT2D eigenvalue weighted by atomic mass is 32.2. The molecule has 5 rings (SSSR count). The third kappa shape index (κ3) is 4.80. The van der Waals surface area contributed by atoms with Crippen molar-refractivity contribution in [3.05, 3.63) is 95.4 Å². The number of methoxy groups -OCH3 is 1. The summed E-state index contributed by atoms with van der Waals surface area (Å²) >= 11 is 2.95. The molecule has 2 aliphatic heterocycles. The highest BCUT2D eigenvalue weighted by molar-refractivity contribution is 8.19. The lowest BCUT2D eigenvalue weighted by Gasteiger charge is -2.15. The maximum atomic E-state index is 13.4. The molecule has 3 aromatic carbocycles. The van der Waals surface area contributed by atoms with Crippen LogP contribution in [-0.2, 0) is 4.79 Å². The summed E-state index contributed by atoms with van der Waals surface area (Å²) in [6.07, 6.45) is 1.71. The van der Waals surface area contributed by atoms with E-state index in [0.717, 1.165) is 38.4 Å². The molecule has 9 heteroatoms. The number of amides is 1. The van der Waals surface area contributed by atoms with Crippen molar-refractivity contribution in [3.63, 3.8) is 0 Å². The van der Waals surface area contributed by atoms with Gasteiger partial charge in [-0.05, 0) is 60.3 Å². The summed E-state index contributed by atoms with van der Waals surface area (Å²) in [5, 5.41) is 10.0. The van der Waals surface area contributed by atoms with Crippen molar-refractivity contribution in [2.75, 3.05) is 25.6 Å². The molecule has 2 heterocycles. The van der Waals surface area contributed by atoms with E-state index in [0.29, 0.717) is 16.6 Å². The molecule has 7 nitrogen and oxygen atoms in total. The molecule has 0 aromatic heterocycles. The first-order valence-electron chi connectivity index (χ1n) is 11.2. The van der Waals surface area contributed by atoms with Gasteiger partial charge in [0.15, 0.2) is 5.17 Å². The number of thioether (sulfide) groups is 2. The normalized spacial score (nSPS) is 18.4. The fourth-order valence-corrected chi connectivity index (χ4v) is 6.01. The van der Waals surface area contributed by atoms with Crippen LogP contribution in [-0.4, -0.2) is 36.7 Å². The molecule has 2 aliphatic rings. The molecule has 36 heavy (non-hydrogen) atoms. The van der Waals surface area contributed by atoms with Crippen molar-refractivity contribution in [1.29, 1.82) is 0 Å². The number of hydrogen-bond donors (Lipinski definition) is 0. The molecule has 180 valence electrons. The Hall–Kier alpha value is -3.82. The molecule has 0 unspecified atom stereocenters. The van der Waals surface area contributed by atoms with Gasteiger partial charge in [-0.3, -0.25) is 9.69 Å². The summed E-state index contributed by atoms with van der Waals surface area (Å²) in [4.78, 5) is 23.6. The number of anilines is 1. The van der Waals surface area contributed by atoms with Crippen molar-refractivity contribution < 1.29 is 9.53 Å². The van der Waals surface area contributed by atoms with E-state index >= 15 is 0 Å². The van der Waals surface area contributed by atoms with Crippen LogP contribution in [0, 0.1) is 0 Å². The summed E-state index contributed by atoms with van der Waals surface area (Å²) in [5.74, 6) is 0.696. The first-order chi connectivity index (χ1) is 17.6. The first kappa shape index (κ1) is 23.9. The van der Waals surface area contributed by atoms with Crippen molar-refractivity contribution in [2.45, 2.75) is 4.90 Å². The van der Waals surface area contributed by atoms with Gasteiger partial charge >= 0.3 is 0 Å². The van der Waals surface area contributed by atoms with Crippen LogP contribution in [0.2, 0.25) is 0 Å². The average molecular weight is 514 g/mol. The van der Waals surface area contributed by atoms with Gasteiger partial charge in [-0.2, -0.15) is 10.2 Å². The summed E-state index contributed by atoms with van der Waals surface area (Å²) in [6, 6.07) is 22.9. The molecule has 0 aliphatic carbocycles. The van der Waals surface area contributed by atoms with E-state index in [4.69, 9.17) is 9.73 Å². The number of ether oxygens (including phenoxy) is 1. The predicted octanol–water partition coefficient (Wildman–Crippen LogP) is 7.27. The minimum absolute atomic E-state index is 0.0824. The number of fused-ring (bicyclic) bond motifs is 1. The van der Waals surface area contributed by atoms with E-state index in [1.807, 2.05) is 84.7 Å². The number of carbonyl (C=O) groups excluding carboxylic acids is 1. The second kappa shape index (κ2) is 10.4. The largest absolute Gasteiger partial charge is 0.497 e. The molecule has 0 radical (unpaired) electrons. The van der Waals surface area contributed by atoms with Crippen LogP contribution >= 0.6 is 23.5 Å². The third-order valence-electron chi connectivity index (χ3n) is 5.52. The minimum atomic E-state index is -0.0824. The fourth-order valence-electron chi connectivity index (χ4n) is 3.68. The smallest absolute Gasteiger partial charge is 0.269 e. The summed E-state index contributed by atoms with van der Waals surface area (Å²) < 4.78 is 5.37. The number of carbonyl (C=O) groups is 1. The molecule has 0 N–H and O–H groups in total. The zero-order valence-electron chi connectivity index (χ0n) is 19.8. The number of rotatable bonds is 6. The van der Waals surface area contributed by atoms with Gasteiger partial charge in [0.25, 0.3) is 5.91 Å². The average Bonchev–Trinajstić information content (AvgIpc) is 3.40. The lowest BCUT2D eigenvalue weighted by molar-refractivity contribution is -0.121. The topological polar surface area (TPSA) is 69.9 Å². The maximum Gasteiger partial charge on any atom is 0.269 e. The Bertz CT molecular complexity index is 1400. The SMILES string of the molecule is C=CCN1C(=O)/C(=C2/Sc3ccc(OC)cc3N2C)SC1=Nc1ccc(N=Nc2ccccc2)cc1. The molecule has 0 spiro atoms. The monoisotopic (exact) mass is 513 g/mol. The van der Waals surface area contributed by atoms with Gasteiger partial charge in [0, 0.05) is 24.6 Å². The summed E-state index contributed by atoms with van der Waals surface area (Å²) in [5.41, 5.74) is 3.25. The van der Waals surface area contributed by atoms with Crippen molar-refractivity contribution in [3.8, 4) is 5.75 Å². The second-order valence-corrected chi connectivity index (χ2v) is 9.89. The zero-order chi connectivity index (χ0) is 25.1. The van der Waals surface area contributed by atoms with Crippen LogP contribution in [0.1, 0.15) is 0 Å². The number of aliphatic imine (C=N–C) groups is 1. The third-order valence-corrected chi connectivity index (χ3v) is 7.95. The van der Waals surface area contributed by atoms with E-state index < -0.39 is 0 Å². The van der Waals surface area contributed by atoms with Crippen LogP contribution in [0.3, 0.4) is 0 Å². The number of nitrogens with zero attached hydrogens (tertiary/aromatic N) is 5. The molecule has 1 fully saturated rings. The van der Waals surface area contributed by atoms with E-state index in [1.165, 1.54) is 11.8 Å². The molecular formula is C27H23N5O2S2. The van der Waals surface area contributed by atoms with E-state index in [-0.39, 0.29) is 5.91 Å². The van der Waals surface area contributed by atoms with Crippen LogP contribution in [0.25, 0.3) is 0 Å². The van der Waals surface area contributed by atoms with Gasteiger partial charge < -0.3 is 9.64 Å². The maximum absolute atomic E-state index is 13.4. The lowest BCUT2D eigenvalue weighted by Crippen LogP contribution is -2.29. The van der Waals surface area contributed by atoms with Gasteiger partial charge in [-0.1, -0.05) is 36.0 Å². The standard InChI is InChI=1S/C27H23N5O2S2/c1-4-16-32-25(33)24(26-31(2)22-17-21(34-3)14-15-23(22)35-26)36-27(32)28-18-10-12-20(13-11-18)30-29-19-8-6-5-7-9-19/h4-15,17H,1,16H2,2-3H3/b26-24-,28-27?,30-29?. The zero-order valence-corrected chi connectivity index (χ0v) is 21.4. The van der Waals surface area contributed by atoms with Crippen LogP contribution in [0.15, 0.2) is 116 Å². The number of amidine groups is 1. The van der Waals surface area contributed by atoms with Gasteiger partial charge in [0.2, 0.25) is 0 Å². The molecule has 1 saturated heterocycles. The Morgan fingerprint density at radius 3 is 2.33 bits per heavy atom. The molecular weight excluding hydrogens is 490 g/mol. The lowest BCUT2D eigenvalue weighted by atomic mass is 10.3. The first-order valence-corrected chi connectivity index (χ1v) is 12.8. The Morgan fingerprint density at radius 1 is 0.944 bits per heavy atom. The highest BCUT2D eigenvalue weighted by Crippen LogP contribution is 2.51. The van der Waals surface area contributed by atoms with E-state index in [1.54, 1.807) is 29.8 Å². The van der Waals surface area contributed by atoms with E-state index in [9.17, 15) is 4.79 Å². The minimum Gasteiger partial charge on any atom is -0.497 e. The van der Waals surface area contributed by atoms with Gasteiger partial charge in [-0.25, -0.2) is 4.99 Å². The molecule has 0 saturated carbocycles. The molecule has 0 atom stereocenters. The van der Waals surface area contributed by atoms with E-state index in [2.05, 4.69) is 16.8 Å². The number of azo groups is 1. The Balaban J connectivity index is 1.41. The van der Waals surface area contributed by atoms with Crippen LogP contribution in [0.4, 0.5) is 22.7 Å². The van der Waals surface area contributed by atoms with Gasteiger partial charge in [-0.15, -0.1) is 6.58 Å². The Morgan fingerprint density at radius 2 is 1.64 bits per heavy atom. The highest BCUT2D eigenvalue weighted by Gasteiger charge is 2.38. The number of hydrogen-bond acceptors (Lipinski definition) is 8. The fraction of sp³-hybridized carbons (Fsp3) is 0.111. The van der Waals surface area contributed by atoms with Crippen molar-refractivity contribution >= 4 is 57.3 Å². The Labute approximate surface area is 218 Å². The second-order valence-electron chi connectivity index (χ2n) is 7.88. The van der Waals surface area contributed by atoms with Crippen molar-refractivity contribution in [1.82, 2.24) is 4.90 Å². The molecule has 0 bridgehead atoms. The number of benzene rings is 3. The quantitative estimate of drug-likeness (QED) is 0.197. The van der Waals surface area contributed by atoms with Gasteiger partial charge in [0.05, 0.1) is 34.9 Å². The summed E-state index contributed by atoms with van der Waals surface area (Å²) in [6.45, 7) is 4.19. The molecule has 3 aromatic rings. The Kier molecular flexibility index (Phi) is 6.92. The van der Waals surface area contributed by atoms with Crippen molar-refractivity contribution in [2.24, 2.45) is 15.2 Å². The predicted molar refractivity (Wildman–Crippen MR) is 148 cm³/mol. The van der Waals surface area contributed by atoms with Crippen LogP contribution in [0.5, 0.6) is 5.75 Å². The van der Waals surface area contributed by atoms with Gasteiger partial charge in [0.1, 0.15) is 10.7 Å². The van der Waals surface area contributed by atoms with Crippen LogP contribution < -0.4 is 9.64 Å².